The summed E-state index contributed by atoms with van der Waals surface area (Å²) in [4.78, 5) is 36.0. The minimum atomic E-state index is -0.172. The van der Waals surface area contributed by atoms with Crippen molar-refractivity contribution in [2.75, 3.05) is 51.1 Å². The highest BCUT2D eigenvalue weighted by molar-refractivity contribution is 6.08. The molecule has 0 spiro atoms. The van der Waals surface area contributed by atoms with Crippen molar-refractivity contribution in [3.05, 3.63) is 71.7 Å². The molecule has 0 radical (unpaired) electrons. The molecule has 0 aliphatic carbocycles. The van der Waals surface area contributed by atoms with Crippen LogP contribution in [0.3, 0.4) is 0 Å². The molecule has 4 aromatic rings. The van der Waals surface area contributed by atoms with Gasteiger partial charge in [-0.3, -0.25) is 9.59 Å². The van der Waals surface area contributed by atoms with E-state index in [1.807, 2.05) is 74.4 Å². The number of amides is 2. The molecule has 0 atom stereocenters. The van der Waals surface area contributed by atoms with Crippen molar-refractivity contribution >= 4 is 23.2 Å². The molecule has 196 valence electrons. The lowest BCUT2D eigenvalue weighted by atomic mass is 10.0. The third kappa shape index (κ3) is 4.66. The summed E-state index contributed by atoms with van der Waals surface area (Å²) >= 11 is 0. The summed E-state index contributed by atoms with van der Waals surface area (Å²) < 4.78 is 12.6. The first-order valence-electron chi connectivity index (χ1n) is 12.3. The minimum Gasteiger partial charge on any atom is -0.497 e. The molecule has 0 saturated heterocycles. The molecule has 0 bridgehead atoms. The molecule has 0 fully saturated rings. The number of carbonyl (C=O) groups excluding carboxylic acids is 2. The zero-order valence-corrected chi connectivity index (χ0v) is 22.1. The van der Waals surface area contributed by atoms with Gasteiger partial charge in [0.15, 0.2) is 5.69 Å². The Kier molecular flexibility index (Phi) is 6.73. The zero-order valence-electron chi connectivity index (χ0n) is 22.1. The maximum Gasteiger partial charge on any atom is 0.277 e. The van der Waals surface area contributed by atoms with Gasteiger partial charge in [0.25, 0.3) is 5.91 Å². The van der Waals surface area contributed by atoms with Crippen LogP contribution in [0, 0.1) is 6.92 Å². The van der Waals surface area contributed by atoms with Crippen LogP contribution in [0.25, 0.3) is 17.3 Å². The molecule has 0 saturated carbocycles. The number of ether oxygens (including phenoxy) is 1. The molecular weight excluding hydrogens is 484 g/mol. The van der Waals surface area contributed by atoms with Crippen LogP contribution in [0.2, 0.25) is 0 Å². The van der Waals surface area contributed by atoms with Crippen molar-refractivity contribution < 1.29 is 18.7 Å². The highest BCUT2D eigenvalue weighted by Gasteiger charge is 2.35. The lowest BCUT2D eigenvalue weighted by Crippen LogP contribution is -2.39. The van der Waals surface area contributed by atoms with Crippen molar-refractivity contribution in [2.24, 2.45) is 0 Å². The van der Waals surface area contributed by atoms with Gasteiger partial charge in [-0.2, -0.15) is 5.10 Å². The number of benzene rings is 2. The number of methoxy groups -OCH3 is 1. The predicted molar refractivity (Wildman–Crippen MR) is 144 cm³/mol. The fourth-order valence-corrected chi connectivity index (χ4v) is 4.53. The monoisotopic (exact) mass is 514 g/mol. The van der Waals surface area contributed by atoms with Crippen LogP contribution >= 0.6 is 0 Å². The number of hydrogen-bond donors (Lipinski definition) is 0. The van der Waals surface area contributed by atoms with E-state index < -0.39 is 0 Å². The molecule has 0 N–H and O–H groups in total. The second kappa shape index (κ2) is 10.1. The highest BCUT2D eigenvalue weighted by atomic mass is 16.5. The Balaban J connectivity index is 1.50. The van der Waals surface area contributed by atoms with Gasteiger partial charge in [0, 0.05) is 30.5 Å². The zero-order chi connectivity index (χ0) is 27.0. The molecule has 1 aliphatic heterocycles. The molecule has 5 rings (SSSR count). The van der Waals surface area contributed by atoms with Crippen LogP contribution in [0.1, 0.15) is 21.7 Å². The Hall–Kier alpha value is -4.44. The largest absolute Gasteiger partial charge is 0.497 e. The first kappa shape index (κ1) is 25.2. The average molecular weight is 515 g/mol. The Morgan fingerprint density at radius 1 is 1.05 bits per heavy atom. The number of oxazole rings is 1. The van der Waals surface area contributed by atoms with Crippen molar-refractivity contribution in [3.63, 3.8) is 0 Å². The number of rotatable bonds is 7. The number of anilines is 2. The number of aryl methyl sites for hydroxylation is 1. The quantitative estimate of drug-likeness (QED) is 0.372. The van der Waals surface area contributed by atoms with E-state index in [4.69, 9.17) is 14.3 Å². The Labute approximate surface area is 221 Å². The number of hydrogen-bond acceptors (Lipinski definition) is 7. The summed E-state index contributed by atoms with van der Waals surface area (Å²) in [5.74, 6) is 0.912. The maximum absolute atomic E-state index is 14.0. The van der Waals surface area contributed by atoms with Crippen LogP contribution in [-0.2, 0) is 11.2 Å². The number of aromatic nitrogens is 3. The second-order valence-electron chi connectivity index (χ2n) is 9.49. The van der Waals surface area contributed by atoms with Crippen LogP contribution in [0.5, 0.6) is 5.75 Å². The molecule has 2 amide bonds. The molecule has 3 heterocycles. The normalized spacial score (nSPS) is 13.1. The van der Waals surface area contributed by atoms with Gasteiger partial charge in [0.2, 0.25) is 11.8 Å². The summed E-state index contributed by atoms with van der Waals surface area (Å²) in [6.07, 6.45) is 2.16. The van der Waals surface area contributed by atoms with E-state index in [0.29, 0.717) is 42.5 Å². The Morgan fingerprint density at radius 3 is 2.34 bits per heavy atom. The van der Waals surface area contributed by atoms with Crippen molar-refractivity contribution in [1.82, 2.24) is 19.7 Å². The lowest BCUT2D eigenvalue weighted by Gasteiger charge is -2.28. The average Bonchev–Trinajstić information content (AvgIpc) is 3.52. The SMILES string of the molecule is COc1ccc(-n2nc(-c3nc(C)co3)c3c2C(=O)N(c2ccc(N(C)C(=O)CN(C)C)cc2)CC3)cc1. The van der Waals surface area contributed by atoms with Gasteiger partial charge in [-0.15, -0.1) is 0 Å². The summed E-state index contributed by atoms with van der Waals surface area (Å²) in [5, 5.41) is 4.78. The standard InChI is InChI=1S/C28H30N6O4/c1-18-17-38-27(29-18)25-23-14-15-33(20-8-6-19(7-9-20)32(4)24(35)16-31(2)3)28(36)26(23)34(30-25)21-10-12-22(37-5)13-11-21/h6-13,17H,14-16H2,1-5H3. The maximum atomic E-state index is 14.0. The van der Waals surface area contributed by atoms with Crippen LogP contribution in [0.15, 0.2) is 59.2 Å². The van der Waals surface area contributed by atoms with E-state index in [1.165, 1.54) is 0 Å². The summed E-state index contributed by atoms with van der Waals surface area (Å²) in [5.41, 5.74) is 4.80. The molecular formula is C28H30N6O4. The molecule has 0 unspecified atom stereocenters. The predicted octanol–water partition coefficient (Wildman–Crippen LogP) is 3.57. The van der Waals surface area contributed by atoms with E-state index in [-0.39, 0.29) is 11.8 Å². The summed E-state index contributed by atoms with van der Waals surface area (Å²) in [6, 6.07) is 14.8. The molecule has 1 aliphatic rings. The molecule has 10 heteroatoms. The Bertz CT molecular complexity index is 1470. The van der Waals surface area contributed by atoms with E-state index in [1.54, 1.807) is 34.9 Å². The number of likely N-dealkylation sites (N-methyl/N-ethyl adjacent to an activating group) is 2. The molecule has 10 nitrogen and oxygen atoms in total. The fourth-order valence-electron chi connectivity index (χ4n) is 4.53. The van der Waals surface area contributed by atoms with Gasteiger partial charge < -0.3 is 23.9 Å². The third-order valence-electron chi connectivity index (χ3n) is 6.53. The minimum absolute atomic E-state index is 0.0147. The van der Waals surface area contributed by atoms with Gasteiger partial charge in [-0.1, -0.05) is 0 Å². The van der Waals surface area contributed by atoms with Gasteiger partial charge in [-0.05, 0) is 76.0 Å². The van der Waals surface area contributed by atoms with E-state index in [0.717, 1.165) is 28.3 Å². The molecule has 2 aromatic carbocycles. The van der Waals surface area contributed by atoms with Crippen molar-refractivity contribution in [1.29, 1.82) is 0 Å². The van der Waals surface area contributed by atoms with Gasteiger partial charge in [0.05, 0.1) is 25.0 Å². The first-order valence-corrected chi connectivity index (χ1v) is 12.3. The number of nitrogens with zero attached hydrogens (tertiary/aromatic N) is 6. The van der Waals surface area contributed by atoms with E-state index in [2.05, 4.69) is 4.98 Å². The van der Waals surface area contributed by atoms with Crippen molar-refractivity contribution in [2.45, 2.75) is 13.3 Å². The molecule has 38 heavy (non-hydrogen) atoms. The van der Waals surface area contributed by atoms with Gasteiger partial charge >= 0.3 is 0 Å². The highest BCUT2D eigenvalue weighted by Crippen LogP contribution is 2.34. The first-order chi connectivity index (χ1) is 18.3. The second-order valence-corrected chi connectivity index (χ2v) is 9.49. The smallest absolute Gasteiger partial charge is 0.277 e. The number of carbonyl (C=O) groups is 2. The summed E-state index contributed by atoms with van der Waals surface area (Å²) in [7, 11) is 7.07. The fraction of sp³-hybridized carbons (Fsp3) is 0.286. The van der Waals surface area contributed by atoms with E-state index >= 15 is 0 Å². The third-order valence-corrected chi connectivity index (χ3v) is 6.53. The topological polar surface area (TPSA) is 96.9 Å². The number of fused-ring (bicyclic) bond motifs is 1. The summed E-state index contributed by atoms with van der Waals surface area (Å²) in [6.45, 7) is 2.64. The molecule has 2 aromatic heterocycles. The van der Waals surface area contributed by atoms with Gasteiger partial charge in [-0.25, -0.2) is 9.67 Å². The van der Waals surface area contributed by atoms with Crippen LogP contribution < -0.4 is 14.5 Å². The van der Waals surface area contributed by atoms with Crippen LogP contribution in [0.4, 0.5) is 11.4 Å². The van der Waals surface area contributed by atoms with Gasteiger partial charge in [0.1, 0.15) is 17.7 Å². The van der Waals surface area contributed by atoms with Crippen molar-refractivity contribution in [3.8, 4) is 23.0 Å². The lowest BCUT2D eigenvalue weighted by molar-refractivity contribution is -0.118. The van der Waals surface area contributed by atoms with Crippen LogP contribution in [-0.4, -0.2) is 72.8 Å². The van der Waals surface area contributed by atoms with E-state index in [9.17, 15) is 9.59 Å². The Morgan fingerprint density at radius 2 is 1.74 bits per heavy atom.